The second-order valence-electron chi connectivity index (χ2n) is 3.75. The number of hydrogen-bond donors (Lipinski definition) is 0. The predicted octanol–water partition coefficient (Wildman–Crippen LogP) is -5.18. The van der Waals surface area contributed by atoms with Crippen LogP contribution in [0.4, 0.5) is 0 Å². The van der Waals surface area contributed by atoms with Crippen LogP contribution in [0.2, 0.25) is 0 Å². The Labute approximate surface area is 114 Å². The van der Waals surface area contributed by atoms with Gasteiger partial charge in [0.15, 0.2) is 18.6 Å². The maximum absolute atomic E-state index is 3.19. The van der Waals surface area contributed by atoms with Crippen molar-refractivity contribution in [1.29, 1.82) is 0 Å². The number of nitrogens with zero attached hydrogens (tertiary/aromatic N) is 3. The average Bonchev–Trinajstić information content (AvgIpc) is 3.02. The van der Waals surface area contributed by atoms with E-state index in [0.717, 1.165) is 0 Å². The maximum Gasteiger partial charge on any atom is 2.00 e. The van der Waals surface area contributed by atoms with Crippen molar-refractivity contribution in [1.82, 2.24) is 13.8 Å². The number of rotatable bonds is 3. The van der Waals surface area contributed by atoms with Gasteiger partial charge >= 0.3 is 17.2 Å². The van der Waals surface area contributed by atoms with Crippen LogP contribution in [-0.4, -0.2) is 31.0 Å². The first-order valence-corrected chi connectivity index (χ1v) is 5.26. The first-order valence-electron chi connectivity index (χ1n) is 5.26. The largest absolute Gasteiger partial charge is 2.00 e. The SMILES string of the molecule is [Be+2].[Cl-].c1c[nH+]n([BH-](n2ccc[nH+]2)n2ccc[nH+]2)c1. The van der Waals surface area contributed by atoms with Crippen molar-refractivity contribution in [2.45, 2.75) is 0 Å². The van der Waals surface area contributed by atoms with Crippen LogP contribution >= 0.6 is 0 Å². The maximum atomic E-state index is 3.19. The van der Waals surface area contributed by atoms with Crippen molar-refractivity contribution >= 4 is 17.2 Å². The molecule has 88 valence electrons. The molecule has 3 heterocycles. The number of aromatic amines is 3. The molecule has 0 aliphatic carbocycles. The number of aromatic nitrogens is 6. The van der Waals surface area contributed by atoms with Gasteiger partial charge in [-0.25, -0.2) is 0 Å². The Balaban J connectivity index is 0.000000810. The molecule has 0 saturated heterocycles. The summed E-state index contributed by atoms with van der Waals surface area (Å²) in [6.45, 7) is 0. The van der Waals surface area contributed by atoms with E-state index in [4.69, 9.17) is 0 Å². The van der Waals surface area contributed by atoms with Gasteiger partial charge in [0.05, 0.1) is 0 Å². The van der Waals surface area contributed by atoms with Gasteiger partial charge in [-0.05, 0) is 0 Å². The zero-order chi connectivity index (χ0) is 10.8. The Hall–Kier alpha value is -1.85. The molecule has 0 fully saturated rings. The summed E-state index contributed by atoms with van der Waals surface area (Å²) in [6.07, 6.45) is 11.8. The third-order valence-corrected chi connectivity index (χ3v) is 2.72. The Morgan fingerprint density at radius 3 is 1.22 bits per heavy atom. The Bertz CT molecular complexity index is 456. The third kappa shape index (κ3) is 2.52. The minimum Gasteiger partial charge on any atom is -1.00 e. The van der Waals surface area contributed by atoms with Gasteiger partial charge in [0.25, 0.3) is 0 Å². The van der Waals surface area contributed by atoms with Crippen LogP contribution in [0.1, 0.15) is 0 Å². The first kappa shape index (κ1) is 14.2. The quantitative estimate of drug-likeness (QED) is 0.423. The molecule has 18 heavy (non-hydrogen) atoms. The smallest absolute Gasteiger partial charge is 1.00 e. The fourth-order valence-corrected chi connectivity index (χ4v) is 2.01. The average molecular weight is 261 g/mol. The zero-order valence-corrected chi connectivity index (χ0v) is 10.6. The van der Waals surface area contributed by atoms with Crippen LogP contribution in [0, 0.1) is 0 Å². The van der Waals surface area contributed by atoms with Gasteiger partial charge in [0, 0.05) is 36.8 Å². The summed E-state index contributed by atoms with van der Waals surface area (Å²) < 4.78 is 6.19. The van der Waals surface area contributed by atoms with Crippen molar-refractivity contribution in [2.75, 3.05) is 0 Å². The van der Waals surface area contributed by atoms with E-state index in [2.05, 4.69) is 29.1 Å². The molecule has 0 radical (unpaired) electrons. The van der Waals surface area contributed by atoms with Crippen LogP contribution in [0.25, 0.3) is 0 Å². The molecule has 0 aliphatic heterocycles. The Morgan fingerprint density at radius 2 is 1.00 bits per heavy atom. The van der Waals surface area contributed by atoms with Crippen molar-refractivity contribution < 1.29 is 27.7 Å². The molecular formula is C9H13BBeClN6+3. The second kappa shape index (κ2) is 6.19. The van der Waals surface area contributed by atoms with Gasteiger partial charge in [-0.15, -0.1) is 0 Å². The molecule has 0 unspecified atom stereocenters. The van der Waals surface area contributed by atoms with Crippen LogP contribution in [0.3, 0.4) is 0 Å². The van der Waals surface area contributed by atoms with Crippen molar-refractivity contribution in [2.24, 2.45) is 0 Å². The molecule has 0 aliphatic rings. The minimum absolute atomic E-state index is 0. The molecular weight excluding hydrogens is 247 g/mol. The third-order valence-electron chi connectivity index (χ3n) is 2.72. The summed E-state index contributed by atoms with van der Waals surface area (Å²) in [5, 5.41) is 9.56. The van der Waals surface area contributed by atoms with Crippen LogP contribution in [-0.2, 0) is 0 Å². The fraction of sp³-hybridized carbons (Fsp3) is 0. The topological polar surface area (TPSA) is 57.2 Å². The van der Waals surface area contributed by atoms with Gasteiger partial charge < -0.3 is 12.4 Å². The summed E-state index contributed by atoms with van der Waals surface area (Å²) in [6, 6.07) is 5.94. The van der Waals surface area contributed by atoms with E-state index in [1.165, 1.54) is 0 Å². The van der Waals surface area contributed by atoms with Crippen LogP contribution in [0.5, 0.6) is 0 Å². The molecule has 3 rings (SSSR count). The van der Waals surface area contributed by atoms with E-state index in [1.807, 2.05) is 55.4 Å². The Morgan fingerprint density at radius 1 is 0.667 bits per heavy atom. The normalized spacial score (nSPS) is 9.83. The Kier molecular flexibility index (Phi) is 4.88. The van der Waals surface area contributed by atoms with E-state index in [-0.39, 0.29) is 22.5 Å². The van der Waals surface area contributed by atoms with E-state index < -0.39 is 7.12 Å². The van der Waals surface area contributed by atoms with Gasteiger partial charge in [-0.1, -0.05) is 0 Å². The molecule has 3 N–H and O–H groups in total. The van der Waals surface area contributed by atoms with E-state index in [0.29, 0.717) is 0 Å². The molecule has 0 amide bonds. The number of hydrogen-bond acceptors (Lipinski definition) is 0. The summed E-state index contributed by atoms with van der Waals surface area (Å²) in [5.41, 5.74) is 0. The number of nitrogens with one attached hydrogen (secondary N) is 3. The molecule has 9 heteroatoms. The molecule has 0 saturated carbocycles. The number of halogens is 1. The molecule has 6 nitrogen and oxygen atoms in total. The molecule has 0 bridgehead atoms. The van der Waals surface area contributed by atoms with Crippen molar-refractivity contribution in [3.63, 3.8) is 0 Å². The minimum atomic E-state index is -0.958. The molecule has 0 aromatic carbocycles. The van der Waals surface area contributed by atoms with E-state index in [9.17, 15) is 0 Å². The summed E-state index contributed by atoms with van der Waals surface area (Å²) in [7, 11) is -0.958. The predicted molar refractivity (Wildman–Crippen MR) is 62.1 cm³/mol. The molecule has 0 atom stereocenters. The van der Waals surface area contributed by atoms with E-state index >= 15 is 0 Å². The summed E-state index contributed by atoms with van der Waals surface area (Å²) >= 11 is 0. The fourth-order valence-electron chi connectivity index (χ4n) is 2.01. The standard InChI is InChI=1S/C9H10BN6.Be.ClH/c1-4-11-14(7-1)10(15-8-2-5-12-15)16-9-3-6-13-16;;/h1-10H;;1H/q-1;+2;/p+2. The number of H-pyrrole nitrogens is 3. The zero-order valence-electron chi connectivity index (χ0n) is 9.83. The van der Waals surface area contributed by atoms with Crippen LogP contribution < -0.4 is 27.7 Å². The van der Waals surface area contributed by atoms with Gasteiger partial charge in [-0.2, -0.15) is 15.3 Å². The van der Waals surface area contributed by atoms with Gasteiger partial charge in [0.2, 0.25) is 0 Å². The van der Waals surface area contributed by atoms with Gasteiger partial charge in [0.1, 0.15) is 0 Å². The first-order chi connectivity index (χ1) is 7.95. The summed E-state index contributed by atoms with van der Waals surface area (Å²) in [5.74, 6) is 0. The molecule has 0 spiro atoms. The molecule has 3 aromatic heterocycles. The summed E-state index contributed by atoms with van der Waals surface area (Å²) in [4.78, 5) is 0. The van der Waals surface area contributed by atoms with E-state index in [1.54, 1.807) is 0 Å². The van der Waals surface area contributed by atoms with Crippen molar-refractivity contribution in [3.8, 4) is 0 Å². The van der Waals surface area contributed by atoms with Gasteiger partial charge in [-0.3, -0.25) is 13.8 Å². The van der Waals surface area contributed by atoms with Crippen LogP contribution in [0.15, 0.2) is 55.4 Å². The van der Waals surface area contributed by atoms with Crippen molar-refractivity contribution in [3.05, 3.63) is 55.4 Å². The molecule has 3 aromatic rings. The monoisotopic (exact) mass is 260 g/mol. The second-order valence-corrected chi connectivity index (χ2v) is 3.75.